The second-order valence-electron chi connectivity index (χ2n) is 3.47. The first kappa shape index (κ1) is 13.0. The summed E-state index contributed by atoms with van der Waals surface area (Å²) in [7, 11) is 0. The summed E-state index contributed by atoms with van der Waals surface area (Å²) in [6, 6.07) is 7.74. The summed E-state index contributed by atoms with van der Waals surface area (Å²) in [4.78, 5) is 11.5. The van der Waals surface area contributed by atoms with Crippen LogP contribution in [0.1, 0.15) is 25.7 Å². The molecule has 0 spiro atoms. The fourth-order valence-corrected chi connectivity index (χ4v) is 1.63. The molecule has 0 bridgehead atoms. The third kappa shape index (κ3) is 5.17. The lowest BCUT2D eigenvalue weighted by atomic mass is 10.2. The first-order valence-electron chi connectivity index (χ1n) is 5.21. The molecule has 0 fully saturated rings. The normalized spacial score (nSPS) is 9.50. The smallest absolute Gasteiger partial charge is 0.224 e. The third-order valence-corrected chi connectivity index (χ3v) is 2.82. The zero-order valence-electron chi connectivity index (χ0n) is 9.00. The minimum atomic E-state index is 0.0539. The topological polar surface area (TPSA) is 29.1 Å². The maximum absolute atomic E-state index is 11.5. The highest BCUT2D eigenvalue weighted by Gasteiger charge is 2.01. The first-order chi connectivity index (χ1) is 7.72. The molecule has 0 atom stereocenters. The highest BCUT2D eigenvalue weighted by Crippen LogP contribution is 2.11. The third-order valence-electron chi connectivity index (χ3n) is 2.10. The number of halogens is 1. The lowest BCUT2D eigenvalue weighted by molar-refractivity contribution is -0.116. The number of anilines is 1. The lowest BCUT2D eigenvalue weighted by Crippen LogP contribution is -2.10. The molecule has 1 rings (SSSR count). The predicted molar refractivity (Wildman–Crippen MR) is 75.1 cm³/mol. The van der Waals surface area contributed by atoms with Gasteiger partial charge in [0.1, 0.15) is 0 Å². The van der Waals surface area contributed by atoms with Gasteiger partial charge in [-0.25, -0.2) is 0 Å². The van der Waals surface area contributed by atoms with Gasteiger partial charge in [0, 0.05) is 22.1 Å². The molecule has 0 aliphatic heterocycles. The minimum Gasteiger partial charge on any atom is -0.326 e. The zero-order valence-corrected chi connectivity index (χ0v) is 11.2. The van der Waals surface area contributed by atoms with Gasteiger partial charge in [0.25, 0.3) is 0 Å². The van der Waals surface area contributed by atoms with Crippen molar-refractivity contribution in [1.82, 2.24) is 0 Å². The van der Waals surface area contributed by atoms with Crippen LogP contribution in [0.5, 0.6) is 0 Å². The van der Waals surface area contributed by atoms with E-state index < -0.39 is 0 Å². The molecule has 0 unspecified atom stereocenters. The van der Waals surface area contributed by atoms with Crippen LogP contribution in [0, 0.1) is 15.9 Å². The number of terminal acetylenes is 1. The van der Waals surface area contributed by atoms with Crippen LogP contribution in [-0.2, 0) is 4.79 Å². The van der Waals surface area contributed by atoms with E-state index >= 15 is 0 Å². The predicted octanol–water partition coefficient (Wildman–Crippen LogP) is 3.42. The monoisotopic (exact) mass is 327 g/mol. The second-order valence-corrected chi connectivity index (χ2v) is 4.71. The van der Waals surface area contributed by atoms with Crippen LogP contribution in [0.2, 0.25) is 0 Å². The Labute approximate surface area is 110 Å². The van der Waals surface area contributed by atoms with Gasteiger partial charge in [-0.3, -0.25) is 4.79 Å². The van der Waals surface area contributed by atoms with Gasteiger partial charge in [0.2, 0.25) is 5.91 Å². The summed E-state index contributed by atoms with van der Waals surface area (Å²) in [5, 5.41) is 2.85. The van der Waals surface area contributed by atoms with Crippen molar-refractivity contribution in [2.45, 2.75) is 25.7 Å². The maximum atomic E-state index is 11.5. The van der Waals surface area contributed by atoms with Crippen LogP contribution in [0.25, 0.3) is 0 Å². The number of carbonyl (C=O) groups excluding carboxylic acids is 1. The van der Waals surface area contributed by atoms with Crippen molar-refractivity contribution in [3.8, 4) is 12.3 Å². The van der Waals surface area contributed by atoms with E-state index in [0.29, 0.717) is 6.42 Å². The standard InChI is InChI=1S/C13H14INO/c1-2-3-4-5-6-13(16)15-12-9-7-11(14)8-10-12/h1,7-10H,3-6H2,(H,15,16). The van der Waals surface area contributed by atoms with Crippen molar-refractivity contribution in [3.05, 3.63) is 27.8 Å². The molecular weight excluding hydrogens is 313 g/mol. The van der Waals surface area contributed by atoms with Gasteiger partial charge in [0.15, 0.2) is 0 Å². The first-order valence-corrected chi connectivity index (χ1v) is 6.29. The molecule has 84 valence electrons. The Bertz CT molecular complexity index is 378. The van der Waals surface area contributed by atoms with Gasteiger partial charge in [-0.2, -0.15) is 0 Å². The molecule has 2 nitrogen and oxygen atoms in total. The molecule has 1 aromatic rings. The summed E-state index contributed by atoms with van der Waals surface area (Å²) >= 11 is 2.23. The molecule has 0 saturated heterocycles. The number of hydrogen-bond acceptors (Lipinski definition) is 1. The number of nitrogens with one attached hydrogen (secondary N) is 1. The fourth-order valence-electron chi connectivity index (χ4n) is 1.27. The Morgan fingerprint density at radius 1 is 1.31 bits per heavy atom. The van der Waals surface area contributed by atoms with Gasteiger partial charge in [-0.1, -0.05) is 0 Å². The van der Waals surface area contributed by atoms with E-state index in [2.05, 4.69) is 33.8 Å². The van der Waals surface area contributed by atoms with Crippen molar-refractivity contribution in [2.24, 2.45) is 0 Å². The van der Waals surface area contributed by atoms with E-state index in [0.717, 1.165) is 28.5 Å². The van der Waals surface area contributed by atoms with Crippen LogP contribution in [0.15, 0.2) is 24.3 Å². The van der Waals surface area contributed by atoms with Gasteiger partial charge >= 0.3 is 0 Å². The van der Waals surface area contributed by atoms with Crippen LogP contribution in [0.3, 0.4) is 0 Å². The van der Waals surface area contributed by atoms with Crippen LogP contribution < -0.4 is 5.32 Å². The van der Waals surface area contributed by atoms with Gasteiger partial charge in [-0.05, 0) is 59.7 Å². The summed E-state index contributed by atoms with van der Waals surface area (Å²) < 4.78 is 1.16. The van der Waals surface area contributed by atoms with E-state index in [1.807, 2.05) is 24.3 Å². The Morgan fingerprint density at radius 2 is 2.00 bits per heavy atom. The molecule has 3 heteroatoms. The number of amides is 1. The molecular formula is C13H14INO. The van der Waals surface area contributed by atoms with E-state index in [-0.39, 0.29) is 5.91 Å². The Morgan fingerprint density at radius 3 is 2.62 bits per heavy atom. The maximum Gasteiger partial charge on any atom is 0.224 e. The van der Waals surface area contributed by atoms with Crippen LogP contribution in [0.4, 0.5) is 5.69 Å². The molecule has 0 heterocycles. The highest BCUT2D eigenvalue weighted by atomic mass is 127. The molecule has 0 radical (unpaired) electrons. The van der Waals surface area contributed by atoms with Crippen molar-refractivity contribution >= 4 is 34.2 Å². The van der Waals surface area contributed by atoms with Gasteiger partial charge in [-0.15, -0.1) is 12.3 Å². The van der Waals surface area contributed by atoms with Gasteiger partial charge < -0.3 is 5.32 Å². The number of hydrogen-bond donors (Lipinski definition) is 1. The van der Waals surface area contributed by atoms with Crippen molar-refractivity contribution in [2.75, 3.05) is 5.32 Å². The van der Waals surface area contributed by atoms with Crippen molar-refractivity contribution in [3.63, 3.8) is 0 Å². The molecule has 0 aromatic heterocycles. The minimum absolute atomic E-state index is 0.0539. The Kier molecular flexibility index (Phi) is 5.94. The summed E-state index contributed by atoms with van der Waals surface area (Å²) in [6.45, 7) is 0. The Hall–Kier alpha value is -1.02. The number of benzene rings is 1. The lowest BCUT2D eigenvalue weighted by Gasteiger charge is -2.04. The molecule has 1 amide bonds. The summed E-state index contributed by atoms with van der Waals surface area (Å²) in [5.41, 5.74) is 0.849. The van der Waals surface area contributed by atoms with E-state index in [4.69, 9.17) is 6.42 Å². The Balaban J connectivity index is 2.29. The molecule has 1 N–H and O–H groups in total. The average molecular weight is 327 g/mol. The van der Waals surface area contributed by atoms with Crippen LogP contribution in [-0.4, -0.2) is 5.91 Å². The van der Waals surface area contributed by atoms with Crippen molar-refractivity contribution < 1.29 is 4.79 Å². The molecule has 0 aliphatic carbocycles. The van der Waals surface area contributed by atoms with E-state index in [1.165, 1.54) is 0 Å². The summed E-state index contributed by atoms with van der Waals surface area (Å²) in [6.07, 6.45) is 8.17. The average Bonchev–Trinajstić information content (AvgIpc) is 2.28. The fraction of sp³-hybridized carbons (Fsp3) is 0.308. The summed E-state index contributed by atoms with van der Waals surface area (Å²) in [5.74, 6) is 2.62. The number of rotatable bonds is 5. The largest absolute Gasteiger partial charge is 0.326 e. The van der Waals surface area contributed by atoms with Gasteiger partial charge in [0.05, 0.1) is 0 Å². The van der Waals surface area contributed by atoms with Crippen molar-refractivity contribution in [1.29, 1.82) is 0 Å². The zero-order chi connectivity index (χ0) is 11.8. The molecule has 1 aromatic carbocycles. The molecule has 16 heavy (non-hydrogen) atoms. The molecule has 0 saturated carbocycles. The molecule has 0 aliphatic rings. The number of unbranched alkanes of at least 4 members (excludes halogenated alkanes) is 2. The van der Waals surface area contributed by atoms with Crippen LogP contribution >= 0.6 is 22.6 Å². The van der Waals surface area contributed by atoms with E-state index in [1.54, 1.807) is 0 Å². The SMILES string of the molecule is C#CCCCCC(=O)Nc1ccc(I)cc1. The highest BCUT2D eigenvalue weighted by molar-refractivity contribution is 14.1. The quantitative estimate of drug-likeness (QED) is 0.501. The van der Waals surface area contributed by atoms with E-state index in [9.17, 15) is 4.79 Å². The number of carbonyl (C=O) groups is 1. The second kappa shape index (κ2) is 7.29.